The third-order valence-electron chi connectivity index (χ3n) is 3.03. The molecule has 1 N–H and O–H groups in total. The van der Waals surface area contributed by atoms with Gasteiger partial charge in [0.15, 0.2) is 10.9 Å². The van der Waals surface area contributed by atoms with Gasteiger partial charge in [-0.05, 0) is 36.0 Å². The molecule has 5 nitrogen and oxygen atoms in total. The molecule has 8 heteroatoms. The van der Waals surface area contributed by atoms with Crippen molar-refractivity contribution in [2.75, 3.05) is 13.7 Å². The Bertz CT molecular complexity index is 723. The number of hydrogen-bond donors (Lipinski definition) is 1. The average molecular weight is 371 g/mol. The van der Waals surface area contributed by atoms with Crippen LogP contribution in [0.3, 0.4) is 0 Å². The SMILES string of the molecule is C=CCN1C(=O)/C(=C/c2cc(Cl)c(OC)c(Cl)c2)C(=O)NC1=S. The molecule has 0 bridgehead atoms. The second kappa shape index (κ2) is 7.12. The van der Waals surface area contributed by atoms with Crippen LogP contribution in [-0.4, -0.2) is 35.5 Å². The van der Waals surface area contributed by atoms with Crippen molar-refractivity contribution in [3.63, 3.8) is 0 Å². The van der Waals surface area contributed by atoms with E-state index in [0.29, 0.717) is 11.3 Å². The van der Waals surface area contributed by atoms with Crippen LogP contribution in [0.1, 0.15) is 5.56 Å². The molecule has 1 heterocycles. The highest BCUT2D eigenvalue weighted by Crippen LogP contribution is 2.34. The van der Waals surface area contributed by atoms with Crippen molar-refractivity contribution in [3.8, 4) is 5.75 Å². The van der Waals surface area contributed by atoms with Gasteiger partial charge in [-0.15, -0.1) is 6.58 Å². The monoisotopic (exact) mass is 370 g/mol. The van der Waals surface area contributed by atoms with Gasteiger partial charge in [-0.2, -0.15) is 0 Å². The van der Waals surface area contributed by atoms with Gasteiger partial charge in [-0.3, -0.25) is 19.8 Å². The van der Waals surface area contributed by atoms with Gasteiger partial charge in [-0.25, -0.2) is 0 Å². The molecule has 0 unspecified atom stereocenters. The number of amides is 2. The summed E-state index contributed by atoms with van der Waals surface area (Å²) >= 11 is 17.1. The van der Waals surface area contributed by atoms with Crippen LogP contribution in [0, 0.1) is 0 Å². The van der Waals surface area contributed by atoms with Gasteiger partial charge >= 0.3 is 0 Å². The molecule has 0 spiro atoms. The van der Waals surface area contributed by atoms with E-state index in [1.54, 1.807) is 12.1 Å². The number of ether oxygens (including phenoxy) is 1. The molecule has 23 heavy (non-hydrogen) atoms. The van der Waals surface area contributed by atoms with Crippen molar-refractivity contribution in [2.45, 2.75) is 0 Å². The molecule has 1 aliphatic rings. The lowest BCUT2D eigenvalue weighted by molar-refractivity contribution is -0.128. The molecule has 1 aliphatic heterocycles. The lowest BCUT2D eigenvalue weighted by Crippen LogP contribution is -2.53. The molecule has 1 aromatic rings. The van der Waals surface area contributed by atoms with E-state index in [-0.39, 0.29) is 27.3 Å². The summed E-state index contributed by atoms with van der Waals surface area (Å²) in [6.45, 7) is 3.75. The largest absolute Gasteiger partial charge is 0.494 e. The fraction of sp³-hybridized carbons (Fsp3) is 0.133. The van der Waals surface area contributed by atoms with E-state index < -0.39 is 11.8 Å². The van der Waals surface area contributed by atoms with Crippen molar-refractivity contribution >= 4 is 58.4 Å². The Kier molecular flexibility index (Phi) is 5.41. The minimum Gasteiger partial charge on any atom is -0.494 e. The third kappa shape index (κ3) is 3.55. The predicted octanol–water partition coefficient (Wildman–Crippen LogP) is 2.81. The van der Waals surface area contributed by atoms with Crippen molar-refractivity contribution in [1.29, 1.82) is 0 Å². The number of nitrogens with zero attached hydrogens (tertiary/aromatic N) is 1. The van der Waals surface area contributed by atoms with Crippen molar-refractivity contribution in [3.05, 3.63) is 46.0 Å². The number of carbonyl (C=O) groups is 2. The number of methoxy groups -OCH3 is 1. The first kappa shape index (κ1) is 17.5. The summed E-state index contributed by atoms with van der Waals surface area (Å²) < 4.78 is 5.06. The molecular formula is C15H12Cl2N2O3S. The van der Waals surface area contributed by atoms with E-state index in [2.05, 4.69) is 11.9 Å². The van der Waals surface area contributed by atoms with E-state index >= 15 is 0 Å². The summed E-state index contributed by atoms with van der Waals surface area (Å²) in [7, 11) is 1.44. The minimum absolute atomic E-state index is 0.0443. The molecule has 0 saturated carbocycles. The Balaban J connectivity index is 2.45. The Morgan fingerprint density at radius 3 is 2.48 bits per heavy atom. The zero-order valence-corrected chi connectivity index (χ0v) is 14.4. The molecule has 0 radical (unpaired) electrons. The molecule has 0 aliphatic carbocycles. The lowest BCUT2D eigenvalue weighted by atomic mass is 10.1. The van der Waals surface area contributed by atoms with Crippen molar-refractivity contribution in [2.24, 2.45) is 0 Å². The van der Waals surface area contributed by atoms with Crippen LogP contribution >= 0.6 is 35.4 Å². The summed E-state index contributed by atoms with van der Waals surface area (Å²) in [6.07, 6.45) is 2.91. The zero-order valence-electron chi connectivity index (χ0n) is 12.1. The van der Waals surface area contributed by atoms with Crippen molar-refractivity contribution in [1.82, 2.24) is 10.2 Å². The average Bonchev–Trinajstić information content (AvgIpc) is 2.47. The molecule has 1 fully saturated rings. The van der Waals surface area contributed by atoms with Crippen LogP contribution in [-0.2, 0) is 9.59 Å². The Labute approximate surface area is 148 Å². The molecule has 2 amide bonds. The lowest BCUT2D eigenvalue weighted by Gasteiger charge is -2.27. The van der Waals surface area contributed by atoms with Gasteiger partial charge in [0.05, 0.1) is 17.2 Å². The van der Waals surface area contributed by atoms with Crippen LogP contribution in [0.2, 0.25) is 10.0 Å². The van der Waals surface area contributed by atoms with E-state index in [1.807, 2.05) is 0 Å². The summed E-state index contributed by atoms with van der Waals surface area (Å²) in [5.74, 6) is -0.769. The number of nitrogens with one attached hydrogen (secondary N) is 1. The number of benzene rings is 1. The van der Waals surface area contributed by atoms with Crippen LogP contribution in [0.5, 0.6) is 5.75 Å². The zero-order chi connectivity index (χ0) is 17.1. The van der Waals surface area contributed by atoms with Crippen LogP contribution in [0.15, 0.2) is 30.4 Å². The molecular weight excluding hydrogens is 359 g/mol. The Morgan fingerprint density at radius 1 is 1.35 bits per heavy atom. The first-order valence-corrected chi connectivity index (χ1v) is 7.58. The van der Waals surface area contributed by atoms with Crippen molar-refractivity contribution < 1.29 is 14.3 Å². The highest BCUT2D eigenvalue weighted by molar-refractivity contribution is 7.80. The van der Waals surface area contributed by atoms with Gasteiger partial charge in [0.2, 0.25) is 0 Å². The third-order valence-corrected chi connectivity index (χ3v) is 3.92. The molecule has 120 valence electrons. The first-order valence-electron chi connectivity index (χ1n) is 6.41. The number of halogens is 2. The number of thiocarbonyl (C=S) groups is 1. The minimum atomic E-state index is -0.580. The van der Waals surface area contributed by atoms with Gasteiger partial charge in [0.1, 0.15) is 5.57 Å². The molecule has 0 atom stereocenters. The summed E-state index contributed by atoms with van der Waals surface area (Å²) in [5.41, 5.74) is 0.420. The summed E-state index contributed by atoms with van der Waals surface area (Å²) in [6, 6.07) is 3.09. The maximum atomic E-state index is 12.4. The first-order chi connectivity index (χ1) is 10.9. The Hall–Kier alpha value is -1.89. The van der Waals surface area contributed by atoms with Crippen LogP contribution in [0.4, 0.5) is 0 Å². The Morgan fingerprint density at radius 2 is 1.96 bits per heavy atom. The number of carbonyl (C=O) groups excluding carboxylic acids is 2. The maximum Gasteiger partial charge on any atom is 0.265 e. The van der Waals surface area contributed by atoms with E-state index in [9.17, 15) is 9.59 Å². The van der Waals surface area contributed by atoms with Gasteiger partial charge < -0.3 is 4.74 Å². The smallest absolute Gasteiger partial charge is 0.265 e. The second-order valence-electron chi connectivity index (χ2n) is 4.54. The highest BCUT2D eigenvalue weighted by Gasteiger charge is 2.32. The molecule has 0 aromatic heterocycles. The number of rotatable bonds is 4. The van der Waals surface area contributed by atoms with E-state index in [1.165, 1.54) is 24.2 Å². The van der Waals surface area contributed by atoms with E-state index in [4.69, 9.17) is 40.2 Å². The molecule has 1 saturated heterocycles. The van der Waals surface area contributed by atoms with E-state index in [0.717, 1.165) is 0 Å². The van der Waals surface area contributed by atoms with Gasteiger partial charge in [0.25, 0.3) is 11.8 Å². The predicted molar refractivity (Wildman–Crippen MR) is 93.6 cm³/mol. The fourth-order valence-corrected chi connectivity index (χ4v) is 2.92. The topological polar surface area (TPSA) is 58.6 Å². The summed E-state index contributed by atoms with van der Waals surface area (Å²) in [4.78, 5) is 25.7. The molecule has 1 aromatic carbocycles. The normalized spacial score (nSPS) is 16.6. The van der Waals surface area contributed by atoms with Gasteiger partial charge in [-0.1, -0.05) is 29.3 Å². The number of hydrogen-bond acceptors (Lipinski definition) is 4. The van der Waals surface area contributed by atoms with Crippen LogP contribution in [0.25, 0.3) is 6.08 Å². The highest BCUT2D eigenvalue weighted by atomic mass is 35.5. The maximum absolute atomic E-state index is 12.4. The van der Waals surface area contributed by atoms with Gasteiger partial charge in [0, 0.05) is 6.54 Å². The molecule has 2 rings (SSSR count). The fourth-order valence-electron chi connectivity index (χ4n) is 2.01. The summed E-state index contributed by atoms with van der Waals surface area (Å²) in [5, 5.41) is 3.05. The standard InChI is InChI=1S/C15H12Cl2N2O3S/c1-3-4-19-14(21)9(13(20)18-15(19)23)5-8-6-10(16)12(22-2)11(17)7-8/h3,5-7H,1,4H2,2H3,(H,18,20,23)/b9-5+. The quantitative estimate of drug-likeness (QED) is 0.383. The second-order valence-corrected chi connectivity index (χ2v) is 5.74. The van der Waals surface area contributed by atoms with Crippen LogP contribution < -0.4 is 10.1 Å².